The number of hydrogen-bond donors (Lipinski definition) is 1. The first-order valence-corrected chi connectivity index (χ1v) is 4.04. The summed E-state index contributed by atoms with van der Waals surface area (Å²) < 4.78 is 0. The smallest absolute Gasteiger partial charge is 0.330 e. The second-order valence-corrected chi connectivity index (χ2v) is 1.28. The molecular weight excluding hydrogens is 188 g/mol. The molecule has 0 bridgehead atoms. The first-order chi connectivity index (χ1) is 7.18. The summed E-state index contributed by atoms with van der Waals surface area (Å²) in [7, 11) is 0. The van der Waals surface area contributed by atoms with E-state index in [1.165, 1.54) is 0 Å². The fourth-order valence-electron chi connectivity index (χ4n) is 0.123. The summed E-state index contributed by atoms with van der Waals surface area (Å²) in [5.74, 6) is -0.845. The molecule has 0 aromatic carbocycles. The normalized spacial score (nSPS) is 6.40. The molecule has 2 heteroatoms. The number of carboxylic acid groups (broad SMARTS) is 1. The molecule has 0 aliphatic heterocycles. The van der Waals surface area contributed by atoms with Crippen LogP contribution in [0.4, 0.5) is 0 Å². The highest BCUT2D eigenvalue weighted by Crippen LogP contribution is 1.87. The van der Waals surface area contributed by atoms with Gasteiger partial charge in [-0.1, -0.05) is 6.08 Å². The van der Waals surface area contributed by atoms with Crippen molar-refractivity contribution in [3.63, 3.8) is 0 Å². The SMILES string of the molecule is C/C=C(\C)C(=O)O.C=C.C=C.C=C.C=C. The Kier molecular flexibility index (Phi) is 111. The lowest BCUT2D eigenvalue weighted by Crippen LogP contribution is -1.93. The molecule has 0 aliphatic carbocycles. The van der Waals surface area contributed by atoms with Crippen LogP contribution in [0, 0.1) is 0 Å². The van der Waals surface area contributed by atoms with E-state index in [-0.39, 0.29) is 0 Å². The molecule has 0 saturated heterocycles. The summed E-state index contributed by atoms with van der Waals surface area (Å²) in [6.45, 7) is 27.3. The minimum atomic E-state index is -0.845. The summed E-state index contributed by atoms with van der Waals surface area (Å²) in [6.07, 6.45) is 1.56. The van der Waals surface area contributed by atoms with Gasteiger partial charge in [0.15, 0.2) is 0 Å². The van der Waals surface area contributed by atoms with Crippen molar-refractivity contribution >= 4 is 5.97 Å². The van der Waals surface area contributed by atoms with Crippen LogP contribution in [-0.4, -0.2) is 11.1 Å². The van der Waals surface area contributed by atoms with E-state index in [1.54, 1.807) is 19.9 Å². The molecule has 1 N–H and O–H groups in total. The van der Waals surface area contributed by atoms with Crippen LogP contribution in [0.25, 0.3) is 0 Å². The average Bonchev–Trinajstić information content (AvgIpc) is 2.37. The average molecular weight is 212 g/mol. The van der Waals surface area contributed by atoms with Crippen LogP contribution in [0.15, 0.2) is 64.3 Å². The Labute approximate surface area is 94.6 Å². The van der Waals surface area contributed by atoms with E-state index in [2.05, 4.69) is 52.6 Å². The minimum Gasteiger partial charge on any atom is -0.478 e. The van der Waals surface area contributed by atoms with Crippen molar-refractivity contribution in [3.05, 3.63) is 64.3 Å². The highest BCUT2D eigenvalue weighted by Gasteiger charge is 1.93. The van der Waals surface area contributed by atoms with Crippen molar-refractivity contribution in [1.29, 1.82) is 0 Å². The number of allylic oxidation sites excluding steroid dienone is 1. The largest absolute Gasteiger partial charge is 0.478 e. The second-order valence-electron chi connectivity index (χ2n) is 1.28. The Hall–Kier alpha value is -1.83. The first-order valence-electron chi connectivity index (χ1n) is 4.04. The number of hydrogen-bond acceptors (Lipinski definition) is 1. The van der Waals surface area contributed by atoms with Gasteiger partial charge < -0.3 is 5.11 Å². The van der Waals surface area contributed by atoms with Crippen LogP contribution >= 0.6 is 0 Å². The molecule has 0 heterocycles. The van der Waals surface area contributed by atoms with Gasteiger partial charge in [-0.3, -0.25) is 0 Å². The lowest BCUT2D eigenvalue weighted by molar-refractivity contribution is -0.132. The summed E-state index contributed by atoms with van der Waals surface area (Å²) in [4.78, 5) is 9.86. The molecule has 0 rings (SSSR count). The van der Waals surface area contributed by atoms with Gasteiger partial charge in [-0.2, -0.15) is 0 Å². The van der Waals surface area contributed by atoms with Crippen molar-refractivity contribution in [1.82, 2.24) is 0 Å². The number of rotatable bonds is 1. The lowest BCUT2D eigenvalue weighted by atomic mass is 10.3. The van der Waals surface area contributed by atoms with E-state index in [9.17, 15) is 4.79 Å². The lowest BCUT2D eigenvalue weighted by Gasteiger charge is -1.84. The molecule has 2 nitrogen and oxygen atoms in total. The fourth-order valence-corrected chi connectivity index (χ4v) is 0.123. The summed E-state index contributed by atoms with van der Waals surface area (Å²) >= 11 is 0. The van der Waals surface area contributed by atoms with Gasteiger partial charge in [-0.25, -0.2) is 4.79 Å². The molecule has 0 aromatic rings. The molecule has 0 spiro atoms. The summed E-state index contributed by atoms with van der Waals surface area (Å²) in [6, 6.07) is 0. The molecule has 0 amide bonds. The van der Waals surface area contributed by atoms with Gasteiger partial charge >= 0.3 is 5.97 Å². The molecule has 0 aromatic heterocycles. The monoisotopic (exact) mass is 212 g/mol. The van der Waals surface area contributed by atoms with Crippen molar-refractivity contribution in [2.75, 3.05) is 0 Å². The Bertz CT molecular complexity index is 141. The molecule has 0 radical (unpaired) electrons. The van der Waals surface area contributed by atoms with Crippen molar-refractivity contribution < 1.29 is 9.90 Å². The van der Waals surface area contributed by atoms with Gasteiger partial charge in [0.05, 0.1) is 0 Å². The standard InChI is InChI=1S/C5H8O2.4C2H4/c1-3-4(2)5(6)7;4*1-2/h3H,1-2H3,(H,6,7);4*1-2H2/b4-3+;;;;. The predicted molar refractivity (Wildman–Crippen MR) is 72.1 cm³/mol. The zero-order valence-electron chi connectivity index (χ0n) is 10.1. The minimum absolute atomic E-state index is 0.389. The van der Waals surface area contributed by atoms with E-state index >= 15 is 0 Å². The Morgan fingerprint density at radius 2 is 1.13 bits per heavy atom. The topological polar surface area (TPSA) is 37.3 Å². The van der Waals surface area contributed by atoms with Crippen molar-refractivity contribution in [3.8, 4) is 0 Å². The fraction of sp³-hybridized carbons (Fsp3) is 0.154. The van der Waals surface area contributed by atoms with Crippen molar-refractivity contribution in [2.24, 2.45) is 0 Å². The highest BCUT2D eigenvalue weighted by atomic mass is 16.4. The molecule has 0 saturated carbocycles. The maximum Gasteiger partial charge on any atom is 0.330 e. The molecule has 0 fully saturated rings. The van der Waals surface area contributed by atoms with Gasteiger partial charge in [0, 0.05) is 5.57 Å². The van der Waals surface area contributed by atoms with E-state index in [1.807, 2.05) is 0 Å². The van der Waals surface area contributed by atoms with Crippen molar-refractivity contribution in [2.45, 2.75) is 13.8 Å². The van der Waals surface area contributed by atoms with E-state index in [0.717, 1.165) is 0 Å². The van der Waals surface area contributed by atoms with E-state index < -0.39 is 5.97 Å². The third kappa shape index (κ3) is 72.4. The quantitative estimate of drug-likeness (QED) is 0.521. The Morgan fingerprint density at radius 1 is 0.933 bits per heavy atom. The molecule has 0 atom stereocenters. The van der Waals surface area contributed by atoms with Crippen LogP contribution in [0.5, 0.6) is 0 Å². The number of carboxylic acids is 1. The number of carbonyl (C=O) groups is 1. The summed E-state index contributed by atoms with van der Waals surface area (Å²) in [5, 5.41) is 8.11. The molecule has 0 aliphatic rings. The van der Waals surface area contributed by atoms with Crippen LogP contribution in [-0.2, 0) is 4.79 Å². The van der Waals surface area contributed by atoms with E-state index in [0.29, 0.717) is 5.57 Å². The zero-order valence-corrected chi connectivity index (χ0v) is 10.1. The number of aliphatic carboxylic acids is 1. The zero-order chi connectivity index (χ0) is 13.9. The maximum absolute atomic E-state index is 9.86. The molecule has 0 unspecified atom stereocenters. The Balaban J connectivity index is -0.0000000353. The second kappa shape index (κ2) is 56.8. The van der Waals surface area contributed by atoms with Gasteiger partial charge in [0.25, 0.3) is 0 Å². The molecular formula is C13H24O2. The van der Waals surface area contributed by atoms with Crippen LogP contribution < -0.4 is 0 Å². The Morgan fingerprint density at radius 3 is 1.13 bits per heavy atom. The van der Waals surface area contributed by atoms with Gasteiger partial charge in [-0.05, 0) is 13.8 Å². The van der Waals surface area contributed by atoms with Gasteiger partial charge in [0.1, 0.15) is 0 Å². The summed E-state index contributed by atoms with van der Waals surface area (Å²) in [5.41, 5.74) is 0.389. The first kappa shape index (κ1) is 29.2. The highest BCUT2D eigenvalue weighted by molar-refractivity contribution is 5.85. The third-order valence-corrected chi connectivity index (χ3v) is 0.770. The van der Waals surface area contributed by atoms with Gasteiger partial charge in [0.2, 0.25) is 0 Å². The molecule has 15 heavy (non-hydrogen) atoms. The third-order valence-electron chi connectivity index (χ3n) is 0.770. The van der Waals surface area contributed by atoms with Crippen LogP contribution in [0.1, 0.15) is 13.8 Å². The van der Waals surface area contributed by atoms with Crippen LogP contribution in [0.3, 0.4) is 0 Å². The maximum atomic E-state index is 9.86. The molecule has 88 valence electrons. The van der Waals surface area contributed by atoms with E-state index in [4.69, 9.17) is 5.11 Å². The van der Waals surface area contributed by atoms with Gasteiger partial charge in [-0.15, -0.1) is 52.6 Å². The van der Waals surface area contributed by atoms with Crippen LogP contribution in [0.2, 0.25) is 0 Å². The predicted octanol–water partition coefficient (Wildman–Crippen LogP) is 4.25.